The monoisotopic (exact) mass is 280 g/mol. The minimum absolute atomic E-state index is 0.103. The number of rotatable bonds is 6. The molecule has 2 rings (SSSR count). The van der Waals surface area contributed by atoms with Gasteiger partial charge in [-0.2, -0.15) is 0 Å². The lowest BCUT2D eigenvalue weighted by Crippen LogP contribution is -2.09. The minimum atomic E-state index is -0.103. The van der Waals surface area contributed by atoms with Gasteiger partial charge in [0.05, 0.1) is 6.61 Å². The molecule has 7 heteroatoms. The Kier molecular flexibility index (Phi) is 4.62. The maximum absolute atomic E-state index is 11.8. The molecule has 2 aromatic heterocycles. The molecule has 0 spiro atoms. The SMILES string of the molecule is CCCOc1c[nH]c(CSc2n[nH]c(C)n2)cc1=O. The average Bonchev–Trinajstić information content (AvgIpc) is 2.81. The number of nitrogens with zero attached hydrogens (tertiary/aromatic N) is 2. The van der Waals surface area contributed by atoms with E-state index < -0.39 is 0 Å². The zero-order valence-electron chi connectivity index (χ0n) is 10.9. The lowest BCUT2D eigenvalue weighted by Gasteiger charge is -2.04. The van der Waals surface area contributed by atoms with Crippen molar-refractivity contribution in [2.75, 3.05) is 6.61 Å². The van der Waals surface area contributed by atoms with E-state index in [4.69, 9.17) is 4.74 Å². The summed E-state index contributed by atoms with van der Waals surface area (Å²) in [6.45, 7) is 4.39. The first-order valence-electron chi connectivity index (χ1n) is 6.05. The first-order valence-corrected chi connectivity index (χ1v) is 7.04. The van der Waals surface area contributed by atoms with Gasteiger partial charge in [-0.25, -0.2) is 4.98 Å². The van der Waals surface area contributed by atoms with Crippen LogP contribution in [0.3, 0.4) is 0 Å². The number of H-pyrrole nitrogens is 2. The van der Waals surface area contributed by atoms with Crippen LogP contribution in [0.1, 0.15) is 24.9 Å². The number of pyridine rings is 1. The van der Waals surface area contributed by atoms with Gasteiger partial charge in [-0.05, 0) is 13.3 Å². The summed E-state index contributed by atoms with van der Waals surface area (Å²) in [6.07, 6.45) is 2.48. The number of ether oxygens (including phenoxy) is 1. The molecule has 0 aromatic carbocycles. The summed E-state index contributed by atoms with van der Waals surface area (Å²) in [5, 5.41) is 7.47. The Morgan fingerprint density at radius 1 is 1.47 bits per heavy atom. The zero-order chi connectivity index (χ0) is 13.7. The highest BCUT2D eigenvalue weighted by Crippen LogP contribution is 2.17. The maximum Gasteiger partial charge on any atom is 0.223 e. The highest BCUT2D eigenvalue weighted by molar-refractivity contribution is 7.98. The van der Waals surface area contributed by atoms with Gasteiger partial charge in [-0.1, -0.05) is 18.7 Å². The van der Waals surface area contributed by atoms with E-state index in [0.29, 0.717) is 23.3 Å². The predicted molar refractivity (Wildman–Crippen MR) is 73.5 cm³/mol. The quantitative estimate of drug-likeness (QED) is 0.789. The van der Waals surface area contributed by atoms with Crippen molar-refractivity contribution in [1.29, 1.82) is 0 Å². The van der Waals surface area contributed by atoms with Crippen LogP contribution in [0.25, 0.3) is 0 Å². The van der Waals surface area contributed by atoms with Gasteiger partial charge in [0.1, 0.15) is 5.82 Å². The maximum atomic E-state index is 11.8. The van der Waals surface area contributed by atoms with Crippen LogP contribution in [0.2, 0.25) is 0 Å². The Bertz CT molecular complexity index is 593. The van der Waals surface area contributed by atoms with Gasteiger partial charge in [0, 0.05) is 23.7 Å². The number of aromatic nitrogens is 4. The number of thioether (sulfide) groups is 1. The van der Waals surface area contributed by atoms with Crippen LogP contribution in [0, 0.1) is 6.92 Å². The van der Waals surface area contributed by atoms with Crippen LogP contribution in [-0.2, 0) is 5.75 Å². The van der Waals surface area contributed by atoms with Crippen LogP contribution in [0.4, 0.5) is 0 Å². The fraction of sp³-hybridized carbons (Fsp3) is 0.417. The van der Waals surface area contributed by atoms with Crippen molar-refractivity contribution in [3.8, 4) is 5.75 Å². The van der Waals surface area contributed by atoms with E-state index in [9.17, 15) is 4.79 Å². The largest absolute Gasteiger partial charge is 0.488 e. The van der Waals surface area contributed by atoms with Crippen LogP contribution >= 0.6 is 11.8 Å². The molecule has 0 saturated heterocycles. The Balaban J connectivity index is 1.98. The molecule has 0 atom stereocenters. The lowest BCUT2D eigenvalue weighted by atomic mass is 10.3. The van der Waals surface area contributed by atoms with E-state index in [-0.39, 0.29) is 5.43 Å². The second kappa shape index (κ2) is 6.42. The smallest absolute Gasteiger partial charge is 0.223 e. The number of aromatic amines is 2. The van der Waals surface area contributed by atoms with Gasteiger partial charge < -0.3 is 9.72 Å². The van der Waals surface area contributed by atoms with Crippen molar-refractivity contribution in [3.63, 3.8) is 0 Å². The normalized spacial score (nSPS) is 10.6. The van der Waals surface area contributed by atoms with Crippen molar-refractivity contribution >= 4 is 11.8 Å². The molecule has 0 bridgehead atoms. The Labute approximate surface area is 115 Å². The van der Waals surface area contributed by atoms with Gasteiger partial charge in [0.15, 0.2) is 5.75 Å². The third-order valence-corrected chi connectivity index (χ3v) is 3.23. The van der Waals surface area contributed by atoms with Crippen LogP contribution < -0.4 is 10.2 Å². The third kappa shape index (κ3) is 3.85. The van der Waals surface area contributed by atoms with Crippen molar-refractivity contribution < 1.29 is 4.74 Å². The summed E-state index contributed by atoms with van der Waals surface area (Å²) in [5.74, 6) is 1.75. The van der Waals surface area contributed by atoms with Gasteiger partial charge >= 0.3 is 0 Å². The van der Waals surface area contributed by atoms with E-state index in [1.54, 1.807) is 12.3 Å². The topological polar surface area (TPSA) is 83.7 Å². The van der Waals surface area contributed by atoms with Gasteiger partial charge in [0.2, 0.25) is 10.6 Å². The van der Waals surface area contributed by atoms with Gasteiger partial charge in [-0.15, -0.1) is 5.10 Å². The molecule has 0 radical (unpaired) electrons. The summed E-state index contributed by atoms with van der Waals surface area (Å²) < 4.78 is 5.33. The highest BCUT2D eigenvalue weighted by atomic mass is 32.2. The zero-order valence-corrected chi connectivity index (χ0v) is 11.7. The molecule has 2 heterocycles. The summed E-state index contributed by atoms with van der Waals surface area (Å²) >= 11 is 1.46. The molecule has 0 amide bonds. The second-order valence-corrected chi connectivity index (χ2v) is 4.97. The van der Waals surface area contributed by atoms with Crippen LogP contribution in [0.15, 0.2) is 22.2 Å². The number of hydrogen-bond acceptors (Lipinski definition) is 5. The first-order chi connectivity index (χ1) is 9.19. The third-order valence-electron chi connectivity index (χ3n) is 2.33. The minimum Gasteiger partial charge on any atom is -0.488 e. The number of aryl methyl sites for hydroxylation is 1. The lowest BCUT2D eigenvalue weighted by molar-refractivity contribution is 0.313. The Morgan fingerprint density at radius 2 is 2.32 bits per heavy atom. The van der Waals surface area contributed by atoms with Crippen molar-refractivity contribution in [2.24, 2.45) is 0 Å². The van der Waals surface area contributed by atoms with Gasteiger partial charge in [-0.3, -0.25) is 9.89 Å². The molecule has 2 N–H and O–H groups in total. The fourth-order valence-corrected chi connectivity index (χ4v) is 2.20. The van der Waals surface area contributed by atoms with Crippen LogP contribution in [0.5, 0.6) is 5.75 Å². The van der Waals surface area contributed by atoms with Crippen molar-refractivity contribution in [1.82, 2.24) is 20.2 Å². The number of hydrogen-bond donors (Lipinski definition) is 2. The summed E-state index contributed by atoms with van der Waals surface area (Å²) in [6, 6.07) is 1.55. The molecule has 0 fully saturated rings. The van der Waals surface area contributed by atoms with E-state index in [1.807, 2.05) is 13.8 Å². The molecular formula is C12H16N4O2S. The number of nitrogens with one attached hydrogen (secondary N) is 2. The molecule has 6 nitrogen and oxygen atoms in total. The van der Waals surface area contributed by atoms with E-state index in [2.05, 4.69) is 20.2 Å². The molecule has 19 heavy (non-hydrogen) atoms. The average molecular weight is 280 g/mol. The molecule has 0 aliphatic heterocycles. The molecule has 0 aliphatic rings. The van der Waals surface area contributed by atoms with Crippen molar-refractivity contribution in [3.05, 3.63) is 34.0 Å². The second-order valence-electron chi connectivity index (χ2n) is 4.03. The summed E-state index contributed by atoms with van der Waals surface area (Å²) in [4.78, 5) is 19.0. The molecular weight excluding hydrogens is 264 g/mol. The van der Waals surface area contributed by atoms with Gasteiger partial charge in [0.25, 0.3) is 0 Å². The van der Waals surface area contributed by atoms with Crippen molar-refractivity contribution in [2.45, 2.75) is 31.2 Å². The Morgan fingerprint density at radius 3 is 2.95 bits per heavy atom. The molecule has 102 valence electrons. The molecule has 0 saturated carbocycles. The Hall–Kier alpha value is -1.76. The first kappa shape index (κ1) is 13.7. The highest BCUT2D eigenvalue weighted by Gasteiger charge is 2.05. The fourth-order valence-electron chi connectivity index (χ4n) is 1.44. The van der Waals surface area contributed by atoms with Crippen LogP contribution in [-0.4, -0.2) is 26.8 Å². The summed E-state index contributed by atoms with van der Waals surface area (Å²) in [5.41, 5.74) is 0.718. The molecule has 0 unspecified atom stereocenters. The summed E-state index contributed by atoms with van der Waals surface area (Å²) in [7, 11) is 0. The molecule has 2 aromatic rings. The van der Waals surface area contributed by atoms with E-state index in [0.717, 1.165) is 17.9 Å². The van der Waals surface area contributed by atoms with E-state index >= 15 is 0 Å². The molecule has 0 aliphatic carbocycles. The predicted octanol–water partition coefficient (Wildman–Crippen LogP) is 1.88. The standard InChI is InChI=1S/C12H16N4O2S/c1-3-4-18-11-6-13-9(5-10(11)17)7-19-12-14-8(2)15-16-12/h5-6H,3-4,7H2,1-2H3,(H,13,17)(H,14,15,16). The van der Waals surface area contributed by atoms with E-state index in [1.165, 1.54) is 11.8 Å².